The quantitative estimate of drug-likeness (QED) is 0.644. The van der Waals surface area contributed by atoms with Gasteiger partial charge in [-0.2, -0.15) is 0 Å². The van der Waals surface area contributed by atoms with Gasteiger partial charge in [0.2, 0.25) is 5.91 Å². The molecule has 0 spiro atoms. The van der Waals surface area contributed by atoms with Crippen LogP contribution < -0.4 is 10.6 Å². The number of benzene rings is 2. The van der Waals surface area contributed by atoms with E-state index in [-0.39, 0.29) is 17.1 Å². The number of phenolic OH excluding ortho intramolecular Hbond substituents is 1. The molecule has 4 aliphatic carbocycles. The van der Waals surface area contributed by atoms with Crippen LogP contribution in [0.5, 0.6) is 5.75 Å². The Morgan fingerprint density at radius 3 is 2.29 bits per heavy atom. The monoisotopic (exact) mass is 394 g/mol. The van der Waals surface area contributed by atoms with Crippen molar-refractivity contribution < 1.29 is 9.90 Å². The van der Waals surface area contributed by atoms with Gasteiger partial charge in [-0.3, -0.25) is 4.79 Å². The fourth-order valence-corrected chi connectivity index (χ4v) is 6.80. The summed E-state index contributed by atoms with van der Waals surface area (Å²) in [5.74, 6) is 2.79. The van der Waals surface area contributed by atoms with E-state index in [1.807, 2.05) is 24.3 Å². The molecule has 4 bridgehead atoms. The third kappa shape index (κ3) is 3.26. The summed E-state index contributed by atoms with van der Waals surface area (Å²) in [7, 11) is 0. The number of anilines is 1. The molecule has 4 fully saturated rings. The maximum atomic E-state index is 12.8. The fourth-order valence-electron chi connectivity index (χ4n) is 6.57. The summed E-state index contributed by atoms with van der Waals surface area (Å²) in [6, 6.07) is 11.0. The third-order valence-corrected chi connectivity index (χ3v) is 7.30. The number of fused-ring (bicyclic) bond motifs is 1. The van der Waals surface area contributed by atoms with Gasteiger partial charge in [0, 0.05) is 22.9 Å². The number of carbonyl (C=O) groups excluding carboxylic acids is 1. The van der Waals surface area contributed by atoms with Gasteiger partial charge < -0.3 is 15.7 Å². The number of carbonyl (C=O) groups is 1. The Balaban J connectivity index is 1.25. The van der Waals surface area contributed by atoms with Gasteiger partial charge in [-0.25, -0.2) is 0 Å². The first-order chi connectivity index (χ1) is 13.5. The molecule has 0 heterocycles. The molecule has 1 amide bonds. The van der Waals surface area contributed by atoms with E-state index < -0.39 is 0 Å². The van der Waals surface area contributed by atoms with Gasteiger partial charge in [0.15, 0.2) is 5.11 Å². The molecule has 0 aliphatic heterocycles. The number of nitrogens with one attached hydrogen (secondary N) is 2. The van der Waals surface area contributed by atoms with Crippen LogP contribution in [-0.4, -0.2) is 16.1 Å². The van der Waals surface area contributed by atoms with Gasteiger partial charge in [0.1, 0.15) is 5.75 Å². The van der Waals surface area contributed by atoms with Crippen LogP contribution in [-0.2, 0) is 4.79 Å². The van der Waals surface area contributed by atoms with Crippen molar-refractivity contribution in [2.75, 3.05) is 5.32 Å². The molecule has 0 atom stereocenters. The van der Waals surface area contributed by atoms with Crippen molar-refractivity contribution >= 4 is 39.7 Å². The van der Waals surface area contributed by atoms with Crippen molar-refractivity contribution in [3.8, 4) is 5.75 Å². The average molecular weight is 395 g/mol. The molecule has 2 aromatic rings. The molecular formula is C23H26N2O2S. The van der Waals surface area contributed by atoms with Gasteiger partial charge in [-0.05, 0) is 86.0 Å². The Bertz CT molecular complexity index is 919. The van der Waals surface area contributed by atoms with Crippen LogP contribution in [0.4, 0.5) is 5.69 Å². The van der Waals surface area contributed by atoms with Crippen molar-refractivity contribution in [1.82, 2.24) is 5.32 Å². The first kappa shape index (κ1) is 17.9. The van der Waals surface area contributed by atoms with Crippen LogP contribution in [0.25, 0.3) is 10.8 Å². The van der Waals surface area contributed by atoms with Crippen LogP contribution in [0.15, 0.2) is 36.4 Å². The fraction of sp³-hybridized carbons (Fsp3) is 0.478. The summed E-state index contributed by atoms with van der Waals surface area (Å²) in [6.45, 7) is 0. The topological polar surface area (TPSA) is 61.4 Å². The van der Waals surface area contributed by atoms with Gasteiger partial charge in [0.05, 0.1) is 0 Å². The van der Waals surface area contributed by atoms with E-state index in [9.17, 15) is 9.90 Å². The maximum Gasteiger partial charge on any atom is 0.226 e. The summed E-state index contributed by atoms with van der Waals surface area (Å²) in [6.07, 6.45) is 8.40. The van der Waals surface area contributed by atoms with Crippen molar-refractivity contribution in [3.63, 3.8) is 0 Å². The molecule has 28 heavy (non-hydrogen) atoms. The Morgan fingerprint density at radius 2 is 1.61 bits per heavy atom. The van der Waals surface area contributed by atoms with Gasteiger partial charge in [-0.15, -0.1) is 0 Å². The molecule has 4 nitrogen and oxygen atoms in total. The summed E-state index contributed by atoms with van der Waals surface area (Å²) < 4.78 is 0. The highest BCUT2D eigenvalue weighted by Crippen LogP contribution is 2.61. The standard InChI is InChI=1S/C23H26N2O2S/c26-20-6-2-3-17-18(20)4-1-5-19(17)24-22(28)25-21(27)13-23-10-14-7-15(11-23)9-16(8-14)12-23/h1-6,14-16,26H,7-13H2,(H2,24,25,27,28). The maximum absolute atomic E-state index is 12.8. The van der Waals surface area contributed by atoms with Gasteiger partial charge in [-0.1, -0.05) is 24.3 Å². The second kappa shape index (κ2) is 6.73. The van der Waals surface area contributed by atoms with Crippen LogP contribution in [0, 0.1) is 23.2 Å². The summed E-state index contributed by atoms with van der Waals surface area (Å²) in [4.78, 5) is 12.8. The molecule has 0 radical (unpaired) electrons. The molecule has 0 unspecified atom stereocenters. The molecule has 5 heteroatoms. The number of hydrogen-bond donors (Lipinski definition) is 3. The molecule has 4 aliphatic rings. The summed E-state index contributed by atoms with van der Waals surface area (Å²) in [5.41, 5.74) is 0.994. The first-order valence-electron chi connectivity index (χ1n) is 10.3. The molecule has 2 aromatic carbocycles. The molecule has 3 N–H and O–H groups in total. The predicted octanol–water partition coefficient (Wildman–Crippen LogP) is 4.96. The van der Waals surface area contributed by atoms with Gasteiger partial charge >= 0.3 is 0 Å². The minimum atomic E-state index is 0.0301. The zero-order valence-electron chi connectivity index (χ0n) is 15.9. The van der Waals surface area contributed by atoms with Crippen molar-refractivity contribution in [2.24, 2.45) is 23.2 Å². The van der Waals surface area contributed by atoms with E-state index in [2.05, 4.69) is 10.6 Å². The smallest absolute Gasteiger partial charge is 0.226 e. The van der Waals surface area contributed by atoms with Crippen LogP contribution in [0.1, 0.15) is 44.9 Å². The lowest BCUT2D eigenvalue weighted by molar-refractivity contribution is -0.127. The number of amides is 1. The number of thiocarbonyl (C=S) groups is 1. The Morgan fingerprint density at radius 1 is 1.00 bits per heavy atom. The van der Waals surface area contributed by atoms with E-state index in [4.69, 9.17) is 12.2 Å². The number of phenols is 1. The molecule has 6 rings (SSSR count). The number of rotatable bonds is 3. The molecular weight excluding hydrogens is 368 g/mol. The van der Waals surface area contributed by atoms with Crippen molar-refractivity contribution in [3.05, 3.63) is 36.4 Å². The van der Waals surface area contributed by atoms with E-state index >= 15 is 0 Å². The molecule has 4 saturated carbocycles. The summed E-state index contributed by atoms with van der Waals surface area (Å²) in [5, 5.41) is 18.0. The zero-order chi connectivity index (χ0) is 19.3. The van der Waals surface area contributed by atoms with Crippen molar-refractivity contribution in [2.45, 2.75) is 44.9 Å². The summed E-state index contributed by atoms with van der Waals surface area (Å²) >= 11 is 5.41. The van der Waals surface area contributed by atoms with E-state index in [0.717, 1.165) is 34.2 Å². The van der Waals surface area contributed by atoms with Crippen LogP contribution in [0.3, 0.4) is 0 Å². The number of aromatic hydroxyl groups is 1. The second-order valence-corrected chi connectivity index (χ2v) is 9.68. The number of hydrogen-bond acceptors (Lipinski definition) is 3. The lowest BCUT2D eigenvalue weighted by Crippen LogP contribution is -2.48. The average Bonchev–Trinajstić information content (AvgIpc) is 2.60. The molecule has 0 aromatic heterocycles. The largest absolute Gasteiger partial charge is 0.507 e. The highest BCUT2D eigenvalue weighted by molar-refractivity contribution is 7.80. The minimum Gasteiger partial charge on any atom is -0.507 e. The van der Waals surface area contributed by atoms with E-state index in [1.165, 1.54) is 38.5 Å². The SMILES string of the molecule is O=C(CC12CC3CC(CC(C3)C1)C2)NC(=S)Nc1cccc2c(O)cccc12. The molecule has 146 valence electrons. The predicted molar refractivity (Wildman–Crippen MR) is 115 cm³/mol. The Hall–Kier alpha value is -2.14. The minimum absolute atomic E-state index is 0.0301. The van der Waals surface area contributed by atoms with E-state index in [0.29, 0.717) is 11.5 Å². The van der Waals surface area contributed by atoms with Crippen LogP contribution >= 0.6 is 12.2 Å². The van der Waals surface area contributed by atoms with E-state index in [1.54, 1.807) is 12.1 Å². The zero-order valence-corrected chi connectivity index (χ0v) is 16.7. The Kier molecular flexibility index (Phi) is 4.31. The third-order valence-electron chi connectivity index (χ3n) is 7.10. The first-order valence-corrected chi connectivity index (χ1v) is 10.7. The lowest BCUT2D eigenvalue weighted by Gasteiger charge is -2.56. The highest BCUT2D eigenvalue weighted by atomic mass is 32.1. The normalized spacial score (nSPS) is 30.4. The van der Waals surface area contributed by atoms with Gasteiger partial charge in [0.25, 0.3) is 0 Å². The Labute approximate surface area is 170 Å². The van der Waals surface area contributed by atoms with Crippen molar-refractivity contribution in [1.29, 1.82) is 0 Å². The second-order valence-electron chi connectivity index (χ2n) is 9.27. The molecule has 0 saturated heterocycles. The van der Waals surface area contributed by atoms with Crippen LogP contribution in [0.2, 0.25) is 0 Å². The highest BCUT2D eigenvalue weighted by Gasteiger charge is 2.51. The lowest BCUT2D eigenvalue weighted by atomic mass is 9.49.